The molecule has 1 aromatic heterocycles. The van der Waals surface area contributed by atoms with Gasteiger partial charge < -0.3 is 24.0 Å². The van der Waals surface area contributed by atoms with E-state index in [2.05, 4.69) is 10.4 Å². The molecule has 5 rings (SSSR count). The molecule has 1 fully saturated rings. The predicted octanol–water partition coefficient (Wildman–Crippen LogP) is 3.78. The smallest absolute Gasteiger partial charge is 0.233 e. The molecule has 0 saturated carbocycles. The first-order valence-corrected chi connectivity index (χ1v) is 12.9. The number of ether oxygens (including phenoxy) is 1. The maximum Gasteiger partial charge on any atom is 0.233 e. The van der Waals surface area contributed by atoms with Gasteiger partial charge in [0.05, 0.1) is 18.3 Å². The van der Waals surface area contributed by atoms with Crippen molar-refractivity contribution >= 4 is 25.9 Å². The first kappa shape index (κ1) is 22.7. The van der Waals surface area contributed by atoms with Crippen LogP contribution in [0.3, 0.4) is 0 Å². The van der Waals surface area contributed by atoms with Crippen LogP contribution in [-0.2, 0) is 15.8 Å². The minimum Gasteiger partial charge on any atom is -0.445 e. The van der Waals surface area contributed by atoms with E-state index in [0.717, 1.165) is 22.4 Å². The maximum atomic E-state index is 11.3. The number of hydrazine groups is 1. The third-order valence-corrected chi connectivity index (χ3v) is 6.50. The summed E-state index contributed by atoms with van der Waals surface area (Å²) in [4.78, 5) is 4.67. The van der Waals surface area contributed by atoms with Crippen LogP contribution in [0.1, 0.15) is 18.7 Å². The third kappa shape index (κ3) is 4.35. The predicted molar refractivity (Wildman–Crippen MR) is 131 cm³/mol. The zero-order valence-electron chi connectivity index (χ0n) is 18.8. The highest BCUT2D eigenvalue weighted by molar-refractivity contribution is 7.38. The summed E-state index contributed by atoms with van der Waals surface area (Å²) in [5.41, 5.74) is 7.10. The van der Waals surface area contributed by atoms with Gasteiger partial charge >= 0.3 is 0 Å². The summed E-state index contributed by atoms with van der Waals surface area (Å²) in [6.45, 7) is 3.80. The lowest BCUT2D eigenvalue weighted by molar-refractivity contribution is -0.0308. The lowest BCUT2D eigenvalue weighted by atomic mass is 10.0. The van der Waals surface area contributed by atoms with Crippen LogP contribution in [0.15, 0.2) is 65.8 Å². The summed E-state index contributed by atoms with van der Waals surface area (Å²) in [7, 11) is -2.05. The fraction of sp³-hybridized carbons (Fsp3) is 0.292. The molecule has 0 radical (unpaired) electrons. The standard InChI is InChI=1S/C24H27N4O5P/c1-15-21(29)22(30)24(32-15)28-13-19(16-6-4-3-5-7-16)20-12-27(14-25-23(20)28)26-17-8-10-18(11-9-17)33-34(2)31/h3-11,13-15,21-22,24,26,29-30,34H,12H2,1-2H3/t15-,21-,22-,24-/m1/s1. The van der Waals surface area contributed by atoms with E-state index in [0.29, 0.717) is 18.1 Å². The van der Waals surface area contributed by atoms with Crippen LogP contribution in [0, 0.1) is 0 Å². The van der Waals surface area contributed by atoms with Gasteiger partial charge in [0.1, 0.15) is 30.1 Å². The lowest BCUT2D eigenvalue weighted by Gasteiger charge is -2.26. The van der Waals surface area contributed by atoms with E-state index < -0.39 is 32.6 Å². The molecular formula is C24H27N4O5P. The minimum absolute atomic E-state index is 0.484. The molecule has 5 atom stereocenters. The molecule has 3 aromatic rings. The molecule has 2 aliphatic heterocycles. The fourth-order valence-corrected chi connectivity index (χ4v) is 4.77. The van der Waals surface area contributed by atoms with Crippen molar-refractivity contribution in [3.8, 4) is 16.9 Å². The van der Waals surface area contributed by atoms with Crippen LogP contribution < -0.4 is 9.95 Å². The van der Waals surface area contributed by atoms with Gasteiger partial charge in [-0.3, -0.25) is 15.0 Å². The second kappa shape index (κ2) is 9.27. The molecular weight excluding hydrogens is 455 g/mol. The summed E-state index contributed by atoms with van der Waals surface area (Å²) >= 11 is 0. The summed E-state index contributed by atoms with van der Waals surface area (Å²) in [6, 6.07) is 17.2. The van der Waals surface area contributed by atoms with Crippen molar-refractivity contribution < 1.29 is 24.0 Å². The van der Waals surface area contributed by atoms with Gasteiger partial charge in [0.15, 0.2) is 6.23 Å². The molecule has 3 N–H and O–H groups in total. The molecule has 0 amide bonds. The Labute approximate surface area is 198 Å². The van der Waals surface area contributed by atoms with Gasteiger partial charge in [-0.15, -0.1) is 0 Å². The van der Waals surface area contributed by atoms with E-state index in [-0.39, 0.29) is 0 Å². The highest BCUT2D eigenvalue weighted by Gasteiger charge is 2.42. The molecule has 10 heteroatoms. The van der Waals surface area contributed by atoms with Gasteiger partial charge in [-0.25, -0.2) is 4.99 Å². The quantitative estimate of drug-likeness (QED) is 0.459. The minimum atomic E-state index is -2.05. The Bertz CT molecular complexity index is 1210. The monoisotopic (exact) mass is 482 g/mol. The third-order valence-electron chi connectivity index (χ3n) is 5.98. The number of nitrogens with one attached hydrogen (secondary N) is 1. The molecule has 1 saturated heterocycles. The lowest BCUT2D eigenvalue weighted by Crippen LogP contribution is -2.31. The highest BCUT2D eigenvalue weighted by atomic mass is 31.1. The average molecular weight is 482 g/mol. The Morgan fingerprint density at radius 2 is 1.85 bits per heavy atom. The van der Waals surface area contributed by atoms with Crippen LogP contribution in [0.4, 0.5) is 11.5 Å². The van der Waals surface area contributed by atoms with Gasteiger partial charge in [0, 0.05) is 24.0 Å². The van der Waals surface area contributed by atoms with Crippen molar-refractivity contribution in [2.75, 3.05) is 12.1 Å². The SMILES string of the molecule is C[C@H]1O[C@@H](n2cc(-c3ccccc3)c3c2N=CN(Nc2ccc(O[PH](C)=O)cc2)C3)[C@H](O)[C@@H]1O. The normalized spacial score (nSPS) is 24.6. The summed E-state index contributed by atoms with van der Waals surface area (Å²) in [5.74, 6) is 1.24. The number of anilines is 1. The maximum absolute atomic E-state index is 11.3. The highest BCUT2D eigenvalue weighted by Crippen LogP contribution is 2.41. The zero-order chi connectivity index (χ0) is 23.8. The second-order valence-electron chi connectivity index (χ2n) is 8.43. The van der Waals surface area contributed by atoms with Crippen molar-refractivity contribution in [2.24, 2.45) is 4.99 Å². The van der Waals surface area contributed by atoms with E-state index >= 15 is 0 Å². The largest absolute Gasteiger partial charge is 0.445 e. The average Bonchev–Trinajstić information content (AvgIpc) is 3.33. The van der Waals surface area contributed by atoms with Crippen LogP contribution in [0.2, 0.25) is 0 Å². The van der Waals surface area contributed by atoms with Gasteiger partial charge in [-0.05, 0) is 36.8 Å². The summed E-state index contributed by atoms with van der Waals surface area (Å²) in [5, 5.41) is 22.7. The number of aliphatic hydroxyl groups is 2. The number of hydrogen-bond donors (Lipinski definition) is 3. The van der Waals surface area contributed by atoms with Gasteiger partial charge in [-0.2, -0.15) is 0 Å². The number of aromatic nitrogens is 1. The Kier molecular flexibility index (Phi) is 6.18. The van der Waals surface area contributed by atoms with E-state index in [9.17, 15) is 14.8 Å². The Balaban J connectivity index is 1.45. The summed E-state index contributed by atoms with van der Waals surface area (Å²) < 4.78 is 24.3. The number of aliphatic imine (C=N–C) groups is 1. The Morgan fingerprint density at radius 1 is 1.12 bits per heavy atom. The van der Waals surface area contributed by atoms with Crippen molar-refractivity contribution in [1.82, 2.24) is 9.58 Å². The zero-order valence-corrected chi connectivity index (χ0v) is 19.8. The molecule has 2 aliphatic rings. The van der Waals surface area contributed by atoms with Crippen LogP contribution in [0.5, 0.6) is 5.75 Å². The molecule has 1 unspecified atom stereocenters. The number of fused-ring (bicyclic) bond motifs is 1. The van der Waals surface area contributed by atoms with Gasteiger partial charge in [0.2, 0.25) is 8.03 Å². The number of benzene rings is 2. The van der Waals surface area contributed by atoms with Crippen molar-refractivity contribution in [1.29, 1.82) is 0 Å². The molecule has 9 nitrogen and oxygen atoms in total. The first-order valence-electron chi connectivity index (χ1n) is 11.1. The van der Waals surface area contributed by atoms with Crippen molar-refractivity contribution in [3.05, 3.63) is 66.4 Å². The molecule has 0 spiro atoms. The number of nitrogens with zero attached hydrogens (tertiary/aromatic N) is 3. The van der Waals surface area contributed by atoms with Crippen molar-refractivity contribution in [3.63, 3.8) is 0 Å². The second-order valence-corrected chi connectivity index (χ2v) is 9.62. The topological polar surface area (TPSA) is 109 Å². The summed E-state index contributed by atoms with van der Waals surface area (Å²) in [6.07, 6.45) is 0.380. The van der Waals surface area contributed by atoms with Crippen molar-refractivity contribution in [2.45, 2.75) is 38.0 Å². The molecule has 2 aromatic carbocycles. The Morgan fingerprint density at radius 3 is 2.50 bits per heavy atom. The van der Waals surface area contributed by atoms with Crippen LogP contribution >= 0.6 is 8.03 Å². The van der Waals surface area contributed by atoms with Gasteiger partial charge in [-0.1, -0.05) is 30.3 Å². The van der Waals surface area contributed by atoms with Crippen LogP contribution in [0.25, 0.3) is 11.1 Å². The van der Waals surface area contributed by atoms with E-state index in [1.807, 2.05) is 58.2 Å². The number of aliphatic hydroxyl groups excluding tert-OH is 2. The first-order chi connectivity index (χ1) is 16.4. The van der Waals surface area contributed by atoms with E-state index in [1.165, 1.54) is 0 Å². The van der Waals surface area contributed by atoms with E-state index in [4.69, 9.17) is 9.26 Å². The van der Waals surface area contributed by atoms with Crippen LogP contribution in [-0.4, -0.2) is 51.1 Å². The molecule has 0 aliphatic carbocycles. The van der Waals surface area contributed by atoms with Gasteiger partial charge in [0.25, 0.3) is 0 Å². The number of rotatable bonds is 6. The molecule has 3 heterocycles. The Hall–Kier alpha value is -3.10. The van der Waals surface area contributed by atoms with E-state index in [1.54, 1.807) is 32.1 Å². The molecule has 178 valence electrons. The fourth-order valence-electron chi connectivity index (χ4n) is 4.31. The molecule has 0 bridgehead atoms. The number of hydrogen-bond acceptors (Lipinski definition) is 8. The molecule has 34 heavy (non-hydrogen) atoms.